The molecule has 0 aliphatic carbocycles. The third-order valence-electron chi connectivity index (χ3n) is 3.60. The fraction of sp³-hybridized carbons (Fsp3) is 0.250. The van der Waals surface area contributed by atoms with Crippen LogP contribution < -0.4 is 10.5 Å². The Hall–Kier alpha value is -2.00. The van der Waals surface area contributed by atoms with Gasteiger partial charge < -0.3 is 10.5 Å². The summed E-state index contributed by atoms with van der Waals surface area (Å²) in [6, 6.07) is 14.4. The lowest BCUT2D eigenvalue weighted by Crippen LogP contribution is -2.16. The van der Waals surface area contributed by atoms with Gasteiger partial charge in [0.2, 0.25) is 0 Å². The van der Waals surface area contributed by atoms with Crippen LogP contribution in [0.1, 0.15) is 16.7 Å². The van der Waals surface area contributed by atoms with Gasteiger partial charge in [0.05, 0.1) is 7.11 Å². The van der Waals surface area contributed by atoms with Crippen LogP contribution in [0.15, 0.2) is 42.5 Å². The van der Waals surface area contributed by atoms with E-state index in [-0.39, 0.29) is 0 Å². The summed E-state index contributed by atoms with van der Waals surface area (Å²) in [5, 5.41) is 0. The zero-order valence-corrected chi connectivity index (χ0v) is 11.1. The minimum atomic E-state index is 0.845. The number of fused-ring (bicyclic) bond motifs is 1. The molecular formula is C16H18N2O. The molecule has 1 aliphatic heterocycles. The molecule has 2 aromatic carbocycles. The summed E-state index contributed by atoms with van der Waals surface area (Å²) in [5.74, 6) is 0.956. The maximum absolute atomic E-state index is 5.84. The second-order valence-electron chi connectivity index (χ2n) is 4.99. The van der Waals surface area contributed by atoms with Gasteiger partial charge in [0.1, 0.15) is 5.75 Å². The summed E-state index contributed by atoms with van der Waals surface area (Å²) in [5.41, 5.74) is 10.6. The standard InChI is InChI=1S/C16H18N2O/c1-19-16-5-3-2-4-13(16)10-18-9-12-6-7-15(17)8-14(12)11-18/h2-8H,9-11,17H2,1H3. The number of para-hydroxylation sites is 1. The number of nitrogens with two attached hydrogens (primary N) is 1. The van der Waals surface area contributed by atoms with Crippen molar-refractivity contribution in [2.75, 3.05) is 12.8 Å². The first-order valence-corrected chi connectivity index (χ1v) is 6.48. The van der Waals surface area contributed by atoms with Gasteiger partial charge in [0.25, 0.3) is 0 Å². The maximum atomic E-state index is 5.84. The third kappa shape index (κ3) is 2.42. The van der Waals surface area contributed by atoms with Crippen LogP contribution in [0, 0.1) is 0 Å². The molecule has 0 atom stereocenters. The normalized spacial score (nSPS) is 14.4. The minimum absolute atomic E-state index is 0.845. The monoisotopic (exact) mass is 254 g/mol. The summed E-state index contributed by atoms with van der Waals surface area (Å²) >= 11 is 0. The molecule has 0 fully saturated rings. The second-order valence-corrected chi connectivity index (χ2v) is 4.99. The number of nitrogen functional groups attached to an aromatic ring is 1. The van der Waals surface area contributed by atoms with Crippen molar-refractivity contribution in [3.05, 3.63) is 59.2 Å². The number of ether oxygens (including phenoxy) is 1. The number of hydrogen-bond acceptors (Lipinski definition) is 3. The zero-order valence-electron chi connectivity index (χ0n) is 11.1. The van der Waals surface area contributed by atoms with E-state index in [2.05, 4.69) is 29.2 Å². The summed E-state index contributed by atoms with van der Waals surface area (Å²) < 4.78 is 5.41. The average Bonchev–Trinajstić information content (AvgIpc) is 2.80. The second kappa shape index (κ2) is 4.94. The van der Waals surface area contributed by atoms with E-state index in [4.69, 9.17) is 10.5 Å². The van der Waals surface area contributed by atoms with Crippen LogP contribution in [0.4, 0.5) is 5.69 Å². The average molecular weight is 254 g/mol. The molecule has 0 radical (unpaired) electrons. The largest absolute Gasteiger partial charge is 0.496 e. The predicted molar refractivity (Wildman–Crippen MR) is 76.8 cm³/mol. The van der Waals surface area contributed by atoms with Gasteiger partial charge in [-0.05, 0) is 29.3 Å². The molecule has 0 amide bonds. The minimum Gasteiger partial charge on any atom is -0.496 e. The molecule has 3 nitrogen and oxygen atoms in total. The Morgan fingerprint density at radius 3 is 2.74 bits per heavy atom. The Balaban J connectivity index is 1.77. The van der Waals surface area contributed by atoms with E-state index in [1.54, 1.807) is 7.11 Å². The fourth-order valence-electron chi connectivity index (χ4n) is 2.67. The molecule has 0 saturated carbocycles. The van der Waals surface area contributed by atoms with Crippen molar-refractivity contribution in [1.82, 2.24) is 4.90 Å². The van der Waals surface area contributed by atoms with Crippen molar-refractivity contribution >= 4 is 5.69 Å². The highest BCUT2D eigenvalue weighted by Crippen LogP contribution is 2.28. The highest BCUT2D eigenvalue weighted by molar-refractivity contribution is 5.46. The lowest BCUT2D eigenvalue weighted by Gasteiger charge is -2.16. The van der Waals surface area contributed by atoms with Crippen molar-refractivity contribution in [3.63, 3.8) is 0 Å². The maximum Gasteiger partial charge on any atom is 0.123 e. The van der Waals surface area contributed by atoms with Crippen LogP contribution in [0.2, 0.25) is 0 Å². The Kier molecular flexibility index (Phi) is 3.13. The van der Waals surface area contributed by atoms with Crippen molar-refractivity contribution in [2.45, 2.75) is 19.6 Å². The molecule has 0 aromatic heterocycles. The van der Waals surface area contributed by atoms with Gasteiger partial charge in [0, 0.05) is 30.9 Å². The van der Waals surface area contributed by atoms with Crippen molar-refractivity contribution < 1.29 is 4.74 Å². The van der Waals surface area contributed by atoms with Crippen LogP contribution in [0.5, 0.6) is 5.75 Å². The van der Waals surface area contributed by atoms with Crippen LogP contribution in [0.25, 0.3) is 0 Å². The zero-order chi connectivity index (χ0) is 13.2. The molecule has 0 unspecified atom stereocenters. The van der Waals surface area contributed by atoms with Crippen molar-refractivity contribution in [3.8, 4) is 5.75 Å². The van der Waals surface area contributed by atoms with E-state index in [0.717, 1.165) is 31.1 Å². The Morgan fingerprint density at radius 1 is 1.11 bits per heavy atom. The number of rotatable bonds is 3. The van der Waals surface area contributed by atoms with Crippen molar-refractivity contribution in [2.24, 2.45) is 0 Å². The molecule has 1 aliphatic rings. The fourth-order valence-corrected chi connectivity index (χ4v) is 2.67. The van der Waals surface area contributed by atoms with Gasteiger partial charge >= 0.3 is 0 Å². The van der Waals surface area contributed by atoms with Gasteiger partial charge in [0.15, 0.2) is 0 Å². The van der Waals surface area contributed by atoms with Gasteiger partial charge in [-0.3, -0.25) is 4.90 Å². The van der Waals surface area contributed by atoms with Crippen LogP contribution in [0.3, 0.4) is 0 Å². The highest BCUT2D eigenvalue weighted by atomic mass is 16.5. The molecule has 0 bridgehead atoms. The topological polar surface area (TPSA) is 38.5 Å². The van der Waals surface area contributed by atoms with Gasteiger partial charge in [-0.15, -0.1) is 0 Å². The number of anilines is 1. The van der Waals surface area contributed by atoms with E-state index in [9.17, 15) is 0 Å². The van der Waals surface area contributed by atoms with Gasteiger partial charge in [-0.1, -0.05) is 24.3 Å². The first kappa shape index (κ1) is 12.1. The number of methoxy groups -OCH3 is 1. The van der Waals surface area contributed by atoms with Gasteiger partial charge in [-0.2, -0.15) is 0 Å². The molecule has 2 aromatic rings. The van der Waals surface area contributed by atoms with E-state index in [1.807, 2.05) is 18.2 Å². The van der Waals surface area contributed by atoms with Gasteiger partial charge in [-0.25, -0.2) is 0 Å². The molecular weight excluding hydrogens is 236 g/mol. The number of hydrogen-bond donors (Lipinski definition) is 1. The first-order chi connectivity index (χ1) is 9.26. The molecule has 1 heterocycles. The summed E-state index contributed by atoms with van der Waals surface area (Å²) in [6.07, 6.45) is 0. The van der Waals surface area contributed by atoms with Crippen LogP contribution in [-0.4, -0.2) is 12.0 Å². The quantitative estimate of drug-likeness (QED) is 0.856. The molecule has 0 saturated heterocycles. The van der Waals surface area contributed by atoms with E-state index in [0.29, 0.717) is 0 Å². The molecule has 98 valence electrons. The smallest absolute Gasteiger partial charge is 0.123 e. The Bertz CT molecular complexity index is 595. The van der Waals surface area contributed by atoms with Crippen molar-refractivity contribution in [1.29, 1.82) is 0 Å². The summed E-state index contributed by atoms with van der Waals surface area (Å²) in [4.78, 5) is 2.40. The third-order valence-corrected chi connectivity index (χ3v) is 3.60. The summed E-state index contributed by atoms with van der Waals surface area (Å²) in [7, 11) is 1.72. The van der Waals surface area contributed by atoms with Crippen LogP contribution >= 0.6 is 0 Å². The molecule has 2 N–H and O–H groups in total. The molecule has 3 heteroatoms. The highest BCUT2D eigenvalue weighted by Gasteiger charge is 2.19. The predicted octanol–water partition coefficient (Wildman–Crippen LogP) is 2.79. The first-order valence-electron chi connectivity index (χ1n) is 6.48. The molecule has 3 rings (SSSR count). The van der Waals surface area contributed by atoms with E-state index in [1.165, 1.54) is 16.7 Å². The van der Waals surface area contributed by atoms with Crippen LogP contribution in [-0.2, 0) is 19.6 Å². The number of nitrogens with zero attached hydrogens (tertiary/aromatic N) is 1. The Morgan fingerprint density at radius 2 is 1.89 bits per heavy atom. The summed E-state index contributed by atoms with van der Waals surface area (Å²) in [6.45, 7) is 2.84. The lowest BCUT2D eigenvalue weighted by molar-refractivity contribution is 0.270. The lowest BCUT2D eigenvalue weighted by atomic mass is 10.1. The van der Waals surface area contributed by atoms with E-state index >= 15 is 0 Å². The molecule has 0 spiro atoms. The Labute approximate surface area is 113 Å². The molecule has 19 heavy (non-hydrogen) atoms. The SMILES string of the molecule is COc1ccccc1CN1Cc2ccc(N)cc2C1. The number of benzene rings is 2. The van der Waals surface area contributed by atoms with E-state index < -0.39 is 0 Å².